The number of benzene rings is 1. The van der Waals surface area contributed by atoms with Gasteiger partial charge < -0.3 is 0 Å². The standard InChI is InChI=1S/C11H10O2/c1-7(12)9-3-2-8-4-5-11(13)10(8)6-9/h2-3,6H,4-5H2,1H3. The molecule has 0 aromatic heterocycles. The molecule has 0 amide bonds. The molecule has 2 heteroatoms. The molecular weight excluding hydrogens is 164 g/mol. The zero-order valence-corrected chi connectivity index (χ0v) is 7.46. The van der Waals surface area contributed by atoms with Crippen LogP contribution in [0.25, 0.3) is 0 Å². The van der Waals surface area contributed by atoms with Crippen molar-refractivity contribution in [1.82, 2.24) is 0 Å². The summed E-state index contributed by atoms with van der Waals surface area (Å²) in [6.45, 7) is 1.52. The zero-order chi connectivity index (χ0) is 9.42. The van der Waals surface area contributed by atoms with E-state index >= 15 is 0 Å². The van der Waals surface area contributed by atoms with E-state index in [9.17, 15) is 9.59 Å². The number of hydrogen-bond donors (Lipinski definition) is 0. The Morgan fingerprint density at radius 2 is 2.08 bits per heavy atom. The van der Waals surface area contributed by atoms with Gasteiger partial charge in [0.25, 0.3) is 0 Å². The van der Waals surface area contributed by atoms with Gasteiger partial charge in [0.15, 0.2) is 11.6 Å². The Bertz CT molecular complexity index is 391. The SMILES string of the molecule is CC(=O)c1ccc2c(c1)C(=O)CC2. The van der Waals surface area contributed by atoms with Crippen LogP contribution in [0.4, 0.5) is 0 Å². The van der Waals surface area contributed by atoms with Crippen molar-refractivity contribution in [3.63, 3.8) is 0 Å². The quantitative estimate of drug-likeness (QED) is 0.610. The molecule has 0 heterocycles. The maximum Gasteiger partial charge on any atom is 0.163 e. The summed E-state index contributed by atoms with van der Waals surface area (Å²) in [6, 6.07) is 5.39. The molecule has 0 unspecified atom stereocenters. The summed E-state index contributed by atoms with van der Waals surface area (Å²) in [4.78, 5) is 22.4. The molecule has 2 nitrogen and oxygen atoms in total. The van der Waals surface area contributed by atoms with Crippen molar-refractivity contribution in [1.29, 1.82) is 0 Å². The lowest BCUT2D eigenvalue weighted by Crippen LogP contribution is -1.97. The number of hydrogen-bond acceptors (Lipinski definition) is 2. The number of Topliss-reactive ketones (excluding diaryl/α,β-unsaturated/α-hetero) is 2. The van der Waals surface area contributed by atoms with Crippen LogP contribution in [0.15, 0.2) is 18.2 Å². The second kappa shape index (κ2) is 2.80. The summed E-state index contributed by atoms with van der Waals surface area (Å²) >= 11 is 0. The summed E-state index contributed by atoms with van der Waals surface area (Å²) in [5.74, 6) is 0.181. The van der Waals surface area contributed by atoms with E-state index in [1.54, 1.807) is 12.1 Å². The molecule has 1 aliphatic carbocycles. The highest BCUT2D eigenvalue weighted by Gasteiger charge is 2.19. The number of aryl methyl sites for hydroxylation is 1. The second-order valence-electron chi connectivity index (χ2n) is 3.35. The summed E-state index contributed by atoms with van der Waals surface area (Å²) in [5, 5.41) is 0. The molecule has 66 valence electrons. The summed E-state index contributed by atoms with van der Waals surface area (Å²) in [5.41, 5.74) is 2.46. The third-order valence-corrected chi connectivity index (χ3v) is 2.44. The Balaban J connectivity index is 2.54. The van der Waals surface area contributed by atoms with Crippen molar-refractivity contribution in [3.05, 3.63) is 34.9 Å². The van der Waals surface area contributed by atoms with Crippen LogP contribution in [0.3, 0.4) is 0 Å². The third kappa shape index (κ3) is 1.28. The van der Waals surface area contributed by atoms with Gasteiger partial charge in [-0.25, -0.2) is 0 Å². The predicted octanol–water partition coefficient (Wildman–Crippen LogP) is 2.02. The van der Waals surface area contributed by atoms with Gasteiger partial charge in [-0.3, -0.25) is 9.59 Å². The maximum atomic E-state index is 11.3. The summed E-state index contributed by atoms with van der Waals surface area (Å²) in [6.07, 6.45) is 1.42. The molecule has 0 radical (unpaired) electrons. The van der Waals surface area contributed by atoms with Gasteiger partial charge in [-0.1, -0.05) is 12.1 Å². The molecule has 0 saturated heterocycles. The van der Waals surface area contributed by atoms with E-state index < -0.39 is 0 Å². The minimum atomic E-state index is 0.0162. The number of carbonyl (C=O) groups excluding carboxylic acids is 2. The molecule has 2 rings (SSSR count). The molecule has 0 N–H and O–H groups in total. The predicted molar refractivity (Wildman–Crippen MR) is 49.1 cm³/mol. The van der Waals surface area contributed by atoms with Crippen LogP contribution in [-0.2, 0) is 6.42 Å². The molecule has 1 aliphatic rings. The smallest absolute Gasteiger partial charge is 0.163 e. The van der Waals surface area contributed by atoms with Crippen LogP contribution in [0.5, 0.6) is 0 Å². The molecule has 0 fully saturated rings. The van der Waals surface area contributed by atoms with Crippen LogP contribution in [0.2, 0.25) is 0 Å². The first-order valence-electron chi connectivity index (χ1n) is 4.35. The Kier molecular flexibility index (Phi) is 1.76. The number of rotatable bonds is 1. The third-order valence-electron chi connectivity index (χ3n) is 2.44. The van der Waals surface area contributed by atoms with Gasteiger partial charge in [0.2, 0.25) is 0 Å². The highest BCUT2D eigenvalue weighted by Crippen LogP contribution is 2.22. The number of fused-ring (bicyclic) bond motifs is 1. The largest absolute Gasteiger partial charge is 0.295 e. The van der Waals surface area contributed by atoms with E-state index in [0.29, 0.717) is 12.0 Å². The highest BCUT2D eigenvalue weighted by atomic mass is 16.1. The molecule has 0 spiro atoms. The van der Waals surface area contributed by atoms with E-state index in [2.05, 4.69) is 0 Å². The summed E-state index contributed by atoms with van der Waals surface area (Å²) < 4.78 is 0. The minimum absolute atomic E-state index is 0.0162. The number of ketones is 2. The van der Waals surface area contributed by atoms with Crippen LogP contribution in [0.1, 0.15) is 39.6 Å². The minimum Gasteiger partial charge on any atom is -0.295 e. The molecule has 1 aromatic rings. The molecule has 13 heavy (non-hydrogen) atoms. The first-order valence-corrected chi connectivity index (χ1v) is 4.35. The Morgan fingerprint density at radius 3 is 2.77 bits per heavy atom. The summed E-state index contributed by atoms with van der Waals surface area (Å²) in [7, 11) is 0. The van der Waals surface area contributed by atoms with E-state index in [4.69, 9.17) is 0 Å². The van der Waals surface area contributed by atoms with Crippen LogP contribution in [0, 0.1) is 0 Å². The van der Waals surface area contributed by atoms with Crippen molar-refractivity contribution >= 4 is 11.6 Å². The van der Waals surface area contributed by atoms with Gasteiger partial charge in [-0.2, -0.15) is 0 Å². The van der Waals surface area contributed by atoms with Crippen molar-refractivity contribution in [2.75, 3.05) is 0 Å². The first-order chi connectivity index (χ1) is 6.18. The molecule has 0 atom stereocenters. The van der Waals surface area contributed by atoms with Crippen molar-refractivity contribution in [2.24, 2.45) is 0 Å². The van der Waals surface area contributed by atoms with Gasteiger partial charge in [-0.15, -0.1) is 0 Å². The Labute approximate surface area is 76.6 Å². The molecule has 0 bridgehead atoms. The van der Waals surface area contributed by atoms with Crippen molar-refractivity contribution in [3.8, 4) is 0 Å². The van der Waals surface area contributed by atoms with Crippen LogP contribution >= 0.6 is 0 Å². The van der Waals surface area contributed by atoms with Gasteiger partial charge in [0, 0.05) is 17.5 Å². The average Bonchev–Trinajstić information content (AvgIpc) is 2.47. The molecular formula is C11H10O2. The van der Waals surface area contributed by atoms with Crippen LogP contribution in [-0.4, -0.2) is 11.6 Å². The molecule has 1 aromatic carbocycles. The molecule has 0 aliphatic heterocycles. The Morgan fingerprint density at radius 1 is 1.31 bits per heavy atom. The maximum absolute atomic E-state index is 11.3. The lowest BCUT2D eigenvalue weighted by molar-refractivity contribution is 0.0994. The van der Waals surface area contributed by atoms with Crippen molar-refractivity contribution < 1.29 is 9.59 Å². The second-order valence-corrected chi connectivity index (χ2v) is 3.35. The fourth-order valence-electron chi connectivity index (χ4n) is 1.66. The van der Waals surface area contributed by atoms with Gasteiger partial charge >= 0.3 is 0 Å². The number of carbonyl (C=O) groups is 2. The van der Waals surface area contributed by atoms with Gasteiger partial charge in [0.05, 0.1) is 0 Å². The lowest BCUT2D eigenvalue weighted by atomic mass is 10.0. The topological polar surface area (TPSA) is 34.1 Å². The van der Waals surface area contributed by atoms with Crippen LogP contribution < -0.4 is 0 Å². The fraction of sp³-hybridized carbons (Fsp3) is 0.273. The lowest BCUT2D eigenvalue weighted by Gasteiger charge is -1.99. The zero-order valence-electron chi connectivity index (χ0n) is 7.46. The van der Waals surface area contributed by atoms with E-state index in [-0.39, 0.29) is 11.6 Å². The normalized spacial score (nSPS) is 14.4. The highest BCUT2D eigenvalue weighted by molar-refractivity contribution is 6.03. The van der Waals surface area contributed by atoms with Gasteiger partial charge in [0.1, 0.15) is 0 Å². The first kappa shape index (κ1) is 8.17. The van der Waals surface area contributed by atoms with E-state index in [1.165, 1.54) is 6.92 Å². The van der Waals surface area contributed by atoms with Gasteiger partial charge in [-0.05, 0) is 25.0 Å². The van der Waals surface area contributed by atoms with Crippen molar-refractivity contribution in [2.45, 2.75) is 19.8 Å². The average molecular weight is 174 g/mol. The molecule has 0 saturated carbocycles. The van der Waals surface area contributed by atoms with E-state index in [1.807, 2.05) is 6.07 Å². The Hall–Kier alpha value is -1.44. The monoisotopic (exact) mass is 174 g/mol. The van der Waals surface area contributed by atoms with E-state index in [0.717, 1.165) is 17.5 Å². The fourth-order valence-corrected chi connectivity index (χ4v) is 1.66.